The van der Waals surface area contributed by atoms with Crippen LogP contribution in [0.3, 0.4) is 0 Å². The van der Waals surface area contributed by atoms with Crippen molar-refractivity contribution in [2.45, 2.75) is 106 Å². The van der Waals surface area contributed by atoms with Gasteiger partial charge in [0.15, 0.2) is 0 Å². The molecule has 0 spiro atoms. The topological polar surface area (TPSA) is 20.2 Å². The molecule has 0 aromatic carbocycles. The van der Waals surface area contributed by atoms with Crippen molar-refractivity contribution < 1.29 is 5.11 Å². The molecule has 4 rings (SSSR count). The van der Waals surface area contributed by atoms with Crippen molar-refractivity contribution >= 4 is 0 Å². The Morgan fingerprint density at radius 3 is 2.37 bits per heavy atom. The van der Waals surface area contributed by atoms with E-state index in [1.807, 2.05) is 5.57 Å². The number of hydrogen-bond donors (Lipinski definition) is 1. The second-order valence-electron chi connectivity index (χ2n) is 13.1. The summed E-state index contributed by atoms with van der Waals surface area (Å²) in [6.45, 7) is 17.2. The highest BCUT2D eigenvalue weighted by Gasteiger charge is 2.58. The third-order valence-electron chi connectivity index (χ3n) is 11.1. The lowest BCUT2D eigenvalue weighted by molar-refractivity contribution is -0.0414. The zero-order valence-electron chi connectivity index (χ0n) is 20.9. The van der Waals surface area contributed by atoms with Gasteiger partial charge in [-0.2, -0.15) is 0 Å². The Labute approximate surface area is 186 Å². The molecule has 0 saturated heterocycles. The Balaban J connectivity index is 1.55. The Morgan fingerprint density at radius 1 is 1.00 bits per heavy atom. The molecule has 3 saturated carbocycles. The maximum absolute atomic E-state index is 10.3. The van der Waals surface area contributed by atoms with E-state index in [4.69, 9.17) is 0 Å². The molecule has 3 fully saturated rings. The molecule has 4 aliphatic carbocycles. The molecule has 0 radical (unpaired) electrons. The molecule has 0 heterocycles. The monoisotopic (exact) mass is 412 g/mol. The first-order valence-electron chi connectivity index (χ1n) is 13.1. The summed E-state index contributed by atoms with van der Waals surface area (Å²) in [4.78, 5) is 0. The first kappa shape index (κ1) is 22.6. The molecule has 0 amide bonds. The van der Waals surface area contributed by atoms with Gasteiger partial charge < -0.3 is 5.11 Å². The number of allylic oxidation sites excluding steroid dienone is 4. The predicted octanol–water partition coefficient (Wildman–Crippen LogP) is 7.80. The van der Waals surface area contributed by atoms with Gasteiger partial charge in [-0.1, -0.05) is 72.3 Å². The summed E-state index contributed by atoms with van der Waals surface area (Å²) in [7, 11) is 0. The Bertz CT molecular complexity index is 699. The van der Waals surface area contributed by atoms with Gasteiger partial charge in [0.05, 0.1) is 6.10 Å². The minimum atomic E-state index is -0.0505. The fraction of sp³-hybridized carbons (Fsp3) is 0.862. The first-order chi connectivity index (χ1) is 14.0. The minimum absolute atomic E-state index is 0.0505. The summed E-state index contributed by atoms with van der Waals surface area (Å²) in [5, 5.41) is 10.3. The van der Waals surface area contributed by atoms with Gasteiger partial charge in [-0.05, 0) is 103 Å². The van der Waals surface area contributed by atoms with E-state index in [9.17, 15) is 5.11 Å². The second-order valence-corrected chi connectivity index (χ2v) is 13.1. The lowest BCUT2D eigenvalue weighted by atomic mass is 9.47. The average molecular weight is 413 g/mol. The van der Waals surface area contributed by atoms with Crippen LogP contribution < -0.4 is 0 Å². The van der Waals surface area contributed by atoms with Crippen LogP contribution in [0.15, 0.2) is 23.8 Å². The van der Waals surface area contributed by atoms with E-state index < -0.39 is 0 Å². The fourth-order valence-electron chi connectivity index (χ4n) is 8.12. The maximum atomic E-state index is 10.3. The molecule has 170 valence electrons. The van der Waals surface area contributed by atoms with Gasteiger partial charge in [0.25, 0.3) is 0 Å². The molecule has 0 aromatic heterocycles. The number of aliphatic hydroxyl groups excluding tert-OH is 1. The SMILES string of the molecule is CC(C)C(C)(C)/C=C/[C@@H](C)[C@H]1CC[C@H]2C3=CC[C@H]4C[C@@H](O)CC[C@]4(C)[C@H]3CC[C@]12C. The fourth-order valence-corrected chi connectivity index (χ4v) is 8.12. The summed E-state index contributed by atoms with van der Waals surface area (Å²) in [6.07, 6.45) is 17.8. The third-order valence-corrected chi connectivity index (χ3v) is 11.1. The molecular weight excluding hydrogens is 364 g/mol. The molecule has 0 aliphatic heterocycles. The van der Waals surface area contributed by atoms with Gasteiger partial charge >= 0.3 is 0 Å². The highest BCUT2D eigenvalue weighted by molar-refractivity contribution is 5.28. The van der Waals surface area contributed by atoms with Gasteiger partial charge in [0, 0.05) is 0 Å². The summed E-state index contributed by atoms with van der Waals surface area (Å²) in [6, 6.07) is 0. The Hall–Kier alpha value is -0.560. The molecule has 0 unspecified atom stereocenters. The van der Waals surface area contributed by atoms with E-state index in [0.29, 0.717) is 28.6 Å². The largest absolute Gasteiger partial charge is 0.393 e. The van der Waals surface area contributed by atoms with Crippen molar-refractivity contribution in [1.82, 2.24) is 0 Å². The van der Waals surface area contributed by atoms with E-state index >= 15 is 0 Å². The molecule has 4 aliphatic rings. The third kappa shape index (κ3) is 3.56. The van der Waals surface area contributed by atoms with Crippen LogP contribution in [0.1, 0.15) is 99.8 Å². The van der Waals surface area contributed by atoms with Gasteiger partial charge in [-0.15, -0.1) is 0 Å². The second kappa shape index (κ2) is 7.79. The zero-order chi connectivity index (χ0) is 21.9. The van der Waals surface area contributed by atoms with Crippen LogP contribution in [0.4, 0.5) is 0 Å². The van der Waals surface area contributed by atoms with Crippen molar-refractivity contribution in [3.63, 3.8) is 0 Å². The average Bonchev–Trinajstić information content (AvgIpc) is 3.04. The number of hydrogen-bond acceptors (Lipinski definition) is 1. The van der Waals surface area contributed by atoms with Gasteiger partial charge in [0.1, 0.15) is 0 Å². The molecule has 1 nitrogen and oxygen atoms in total. The Kier molecular flexibility index (Phi) is 5.87. The standard InChI is InChI=1S/C29H48O/c1-19(2)27(4,5)15-12-20(3)24-10-11-25-23-9-8-21-18-22(30)13-16-28(21,6)26(23)14-17-29(24,25)7/h9,12,15,19-22,24-26,30H,8,10-11,13-14,16-18H2,1-7H3/b15-12+/t20-,21+,22+,24-,25+,26+,28+,29-/m1/s1. The van der Waals surface area contributed by atoms with Crippen LogP contribution in [-0.4, -0.2) is 11.2 Å². The highest BCUT2D eigenvalue weighted by Crippen LogP contribution is 2.66. The molecule has 8 atom stereocenters. The summed E-state index contributed by atoms with van der Waals surface area (Å²) >= 11 is 0. The lowest BCUT2D eigenvalue weighted by Crippen LogP contribution is -2.49. The molecule has 1 heteroatoms. The molecular formula is C29H48O. The van der Waals surface area contributed by atoms with E-state index in [0.717, 1.165) is 30.6 Å². The summed E-state index contributed by atoms with van der Waals surface area (Å²) in [5.41, 5.74) is 3.05. The Morgan fingerprint density at radius 2 is 1.67 bits per heavy atom. The first-order valence-corrected chi connectivity index (χ1v) is 13.1. The number of aliphatic hydroxyl groups is 1. The lowest BCUT2D eigenvalue weighted by Gasteiger charge is -2.57. The predicted molar refractivity (Wildman–Crippen MR) is 128 cm³/mol. The van der Waals surface area contributed by atoms with Crippen molar-refractivity contribution in [1.29, 1.82) is 0 Å². The zero-order valence-corrected chi connectivity index (χ0v) is 20.9. The molecule has 0 aromatic rings. The van der Waals surface area contributed by atoms with Crippen molar-refractivity contribution in [2.75, 3.05) is 0 Å². The van der Waals surface area contributed by atoms with Crippen molar-refractivity contribution in [3.8, 4) is 0 Å². The molecule has 0 bridgehead atoms. The molecule has 1 N–H and O–H groups in total. The smallest absolute Gasteiger partial charge is 0.0543 e. The quantitative estimate of drug-likeness (QED) is 0.467. The normalized spacial score (nSPS) is 45.1. The minimum Gasteiger partial charge on any atom is -0.393 e. The van der Waals surface area contributed by atoms with Gasteiger partial charge in [0.2, 0.25) is 0 Å². The van der Waals surface area contributed by atoms with Crippen LogP contribution in [-0.2, 0) is 0 Å². The summed E-state index contributed by atoms with van der Waals surface area (Å²) < 4.78 is 0. The van der Waals surface area contributed by atoms with Gasteiger partial charge in [-0.25, -0.2) is 0 Å². The van der Waals surface area contributed by atoms with Crippen LogP contribution in [0.5, 0.6) is 0 Å². The van der Waals surface area contributed by atoms with E-state index in [-0.39, 0.29) is 11.5 Å². The summed E-state index contributed by atoms with van der Waals surface area (Å²) in [5.74, 6) is 4.47. The van der Waals surface area contributed by atoms with Crippen LogP contribution in [0.2, 0.25) is 0 Å². The highest BCUT2D eigenvalue weighted by atomic mass is 16.3. The molecule has 30 heavy (non-hydrogen) atoms. The van der Waals surface area contributed by atoms with E-state index in [2.05, 4.69) is 66.7 Å². The van der Waals surface area contributed by atoms with Crippen molar-refractivity contribution in [3.05, 3.63) is 23.8 Å². The number of rotatable bonds is 4. The van der Waals surface area contributed by atoms with Crippen LogP contribution in [0, 0.1) is 51.8 Å². The van der Waals surface area contributed by atoms with Gasteiger partial charge in [-0.3, -0.25) is 0 Å². The number of fused-ring (bicyclic) bond motifs is 5. The van der Waals surface area contributed by atoms with Crippen molar-refractivity contribution in [2.24, 2.45) is 51.8 Å². The van der Waals surface area contributed by atoms with Crippen LogP contribution in [0.25, 0.3) is 0 Å². The maximum Gasteiger partial charge on any atom is 0.0543 e. The van der Waals surface area contributed by atoms with E-state index in [1.165, 1.54) is 38.5 Å². The van der Waals surface area contributed by atoms with E-state index in [1.54, 1.807) is 0 Å². The van der Waals surface area contributed by atoms with Crippen LogP contribution >= 0.6 is 0 Å².